The highest BCUT2D eigenvalue weighted by atomic mass is 35.5. The summed E-state index contributed by atoms with van der Waals surface area (Å²) in [6.45, 7) is 0.911. The first-order valence-electron chi connectivity index (χ1n) is 12.8. The van der Waals surface area contributed by atoms with Crippen molar-refractivity contribution in [3.8, 4) is 11.1 Å². The van der Waals surface area contributed by atoms with Crippen LogP contribution in [-0.2, 0) is 29.6 Å². The molecule has 1 aromatic heterocycles. The number of carbonyl (C=O) groups excluding carboxylic acids is 1. The zero-order valence-corrected chi connectivity index (χ0v) is 21.3. The predicted molar refractivity (Wildman–Crippen MR) is 146 cm³/mol. The minimum Gasteiger partial charge on any atom is -0.338 e. The maximum atomic E-state index is 13.2. The minimum absolute atomic E-state index is 0.0291. The number of aryl methyl sites for hydroxylation is 1. The molecule has 0 unspecified atom stereocenters. The molecule has 5 nitrogen and oxygen atoms in total. The number of fused-ring (bicyclic) bond motifs is 1. The zero-order valence-electron chi connectivity index (χ0n) is 20.5. The highest BCUT2D eigenvalue weighted by Gasteiger charge is 2.48. The van der Waals surface area contributed by atoms with E-state index in [4.69, 9.17) is 16.6 Å². The first-order valence-corrected chi connectivity index (χ1v) is 13.2. The third-order valence-electron chi connectivity index (χ3n) is 7.64. The number of H-pyrrole nitrogens is 1. The lowest BCUT2D eigenvalue weighted by atomic mass is 9.94. The van der Waals surface area contributed by atoms with Crippen molar-refractivity contribution in [2.45, 2.75) is 44.1 Å². The van der Waals surface area contributed by atoms with Crippen LogP contribution in [0.4, 0.5) is 0 Å². The number of hydrogen-bond donors (Lipinski definition) is 1. The lowest BCUT2D eigenvalue weighted by molar-refractivity contribution is -0.131. The van der Waals surface area contributed by atoms with E-state index in [1.807, 2.05) is 48.5 Å². The van der Waals surface area contributed by atoms with Gasteiger partial charge in [0.25, 0.3) is 5.56 Å². The smallest absolute Gasteiger partial charge is 0.256 e. The van der Waals surface area contributed by atoms with Crippen molar-refractivity contribution in [1.82, 2.24) is 14.9 Å². The number of nitrogens with one attached hydrogen (secondary N) is 1. The van der Waals surface area contributed by atoms with Gasteiger partial charge in [0.15, 0.2) is 0 Å². The van der Waals surface area contributed by atoms with Gasteiger partial charge in [-0.05, 0) is 60.1 Å². The van der Waals surface area contributed by atoms with Crippen LogP contribution < -0.4 is 5.56 Å². The summed E-state index contributed by atoms with van der Waals surface area (Å²) >= 11 is 6.24. The van der Waals surface area contributed by atoms with Gasteiger partial charge in [0.2, 0.25) is 5.91 Å². The molecule has 1 fully saturated rings. The topological polar surface area (TPSA) is 66.1 Å². The number of nitrogens with zero attached hydrogens (tertiary/aromatic N) is 2. The molecule has 1 N–H and O–H groups in total. The van der Waals surface area contributed by atoms with Gasteiger partial charge in [0, 0.05) is 11.6 Å². The fourth-order valence-corrected chi connectivity index (χ4v) is 5.56. The van der Waals surface area contributed by atoms with Gasteiger partial charge >= 0.3 is 0 Å². The summed E-state index contributed by atoms with van der Waals surface area (Å²) in [5.74, 6) is 0.748. The standard InChI is InChI=1S/C31H28ClN3O2/c32-25-9-4-8-24(19-25)31(15-16-31)30-33-27-10-5-17-35(20-26(27)29(37)34-30)28(36)18-21-11-13-23(14-12-21)22-6-2-1-3-7-22/h1-4,6-9,11-14,19H,5,10,15-18,20H2,(H,33,34,37). The van der Waals surface area contributed by atoms with Gasteiger partial charge in [-0.3, -0.25) is 9.59 Å². The second kappa shape index (κ2) is 9.64. The molecule has 1 amide bonds. The van der Waals surface area contributed by atoms with Crippen LogP contribution in [-0.4, -0.2) is 27.3 Å². The van der Waals surface area contributed by atoms with Gasteiger partial charge in [0.05, 0.1) is 29.6 Å². The number of carbonyl (C=O) groups is 1. The van der Waals surface area contributed by atoms with Crippen molar-refractivity contribution in [2.75, 3.05) is 6.54 Å². The second-order valence-electron chi connectivity index (χ2n) is 10.1. The van der Waals surface area contributed by atoms with E-state index in [0.717, 1.165) is 53.0 Å². The van der Waals surface area contributed by atoms with Crippen LogP contribution in [0.1, 0.15) is 47.5 Å². The first-order chi connectivity index (χ1) is 18.0. The summed E-state index contributed by atoms with van der Waals surface area (Å²) in [5, 5.41) is 0.685. The Kier molecular flexibility index (Phi) is 6.17. The van der Waals surface area contributed by atoms with Crippen molar-refractivity contribution in [2.24, 2.45) is 0 Å². The van der Waals surface area contributed by atoms with Gasteiger partial charge in [-0.15, -0.1) is 0 Å². The monoisotopic (exact) mass is 509 g/mol. The highest BCUT2D eigenvalue weighted by Crippen LogP contribution is 2.52. The van der Waals surface area contributed by atoms with Crippen molar-refractivity contribution in [3.63, 3.8) is 0 Å². The van der Waals surface area contributed by atoms with Gasteiger partial charge in [-0.1, -0.05) is 78.3 Å². The molecule has 0 saturated heterocycles. The van der Waals surface area contributed by atoms with Crippen LogP contribution in [0.5, 0.6) is 0 Å². The number of halogens is 1. The molecule has 37 heavy (non-hydrogen) atoms. The van der Waals surface area contributed by atoms with Gasteiger partial charge < -0.3 is 9.88 Å². The van der Waals surface area contributed by atoms with Crippen molar-refractivity contribution in [3.05, 3.63) is 122 Å². The number of rotatable bonds is 5. The van der Waals surface area contributed by atoms with E-state index in [2.05, 4.69) is 35.3 Å². The highest BCUT2D eigenvalue weighted by molar-refractivity contribution is 6.30. The number of benzene rings is 3. The molecule has 6 heteroatoms. The van der Waals surface area contributed by atoms with Gasteiger partial charge in [-0.2, -0.15) is 0 Å². The number of aromatic amines is 1. The molecule has 0 spiro atoms. The number of amides is 1. The van der Waals surface area contributed by atoms with E-state index in [1.165, 1.54) is 0 Å². The van der Waals surface area contributed by atoms with E-state index in [1.54, 1.807) is 4.90 Å². The van der Waals surface area contributed by atoms with Crippen molar-refractivity contribution >= 4 is 17.5 Å². The predicted octanol–water partition coefficient (Wildman–Crippen LogP) is 5.69. The molecule has 3 aromatic carbocycles. The number of hydrogen-bond acceptors (Lipinski definition) is 3. The fourth-order valence-electron chi connectivity index (χ4n) is 5.37. The Morgan fingerprint density at radius 2 is 1.73 bits per heavy atom. The zero-order chi connectivity index (χ0) is 25.4. The maximum Gasteiger partial charge on any atom is 0.256 e. The molecule has 2 heterocycles. The molecule has 1 saturated carbocycles. The molecule has 1 aliphatic carbocycles. The molecule has 186 valence electrons. The lowest BCUT2D eigenvalue weighted by Gasteiger charge is -2.21. The summed E-state index contributed by atoms with van der Waals surface area (Å²) in [4.78, 5) is 36.3. The summed E-state index contributed by atoms with van der Waals surface area (Å²) in [7, 11) is 0. The summed E-state index contributed by atoms with van der Waals surface area (Å²) in [5.41, 5.74) is 5.34. The minimum atomic E-state index is -0.271. The van der Waals surface area contributed by atoms with E-state index in [0.29, 0.717) is 36.5 Å². The third-order valence-corrected chi connectivity index (χ3v) is 7.88. The summed E-state index contributed by atoms with van der Waals surface area (Å²) in [6.07, 6.45) is 3.65. The molecule has 0 radical (unpaired) electrons. The Hall–Kier alpha value is -3.70. The van der Waals surface area contributed by atoms with Crippen molar-refractivity contribution < 1.29 is 4.79 Å². The molecule has 0 bridgehead atoms. The van der Waals surface area contributed by atoms with Crippen LogP contribution in [0, 0.1) is 0 Å². The quantitative estimate of drug-likeness (QED) is 0.376. The van der Waals surface area contributed by atoms with Crippen LogP contribution in [0.25, 0.3) is 11.1 Å². The Bertz CT molecular complexity index is 1510. The van der Waals surface area contributed by atoms with E-state index in [-0.39, 0.29) is 16.9 Å². The largest absolute Gasteiger partial charge is 0.338 e. The molecule has 4 aromatic rings. The summed E-state index contributed by atoms with van der Waals surface area (Å²) < 4.78 is 0. The molecule has 6 rings (SSSR count). The maximum absolute atomic E-state index is 13.2. The molecular weight excluding hydrogens is 482 g/mol. The molecule has 2 aliphatic rings. The first kappa shape index (κ1) is 23.7. The molecule has 0 atom stereocenters. The van der Waals surface area contributed by atoms with Gasteiger partial charge in [-0.25, -0.2) is 4.98 Å². The van der Waals surface area contributed by atoms with Gasteiger partial charge in [0.1, 0.15) is 5.82 Å². The summed E-state index contributed by atoms with van der Waals surface area (Å²) in [6, 6.07) is 26.1. The Morgan fingerprint density at radius 3 is 2.46 bits per heavy atom. The third kappa shape index (κ3) is 4.72. The fraction of sp³-hybridized carbons (Fsp3) is 0.258. The van der Waals surface area contributed by atoms with Crippen LogP contribution >= 0.6 is 11.6 Å². The SMILES string of the molecule is O=C(Cc1ccc(-c2ccccc2)cc1)N1CCCc2nc(C3(c4cccc(Cl)c4)CC3)[nH]c(=O)c2C1. The Balaban J connectivity index is 1.20. The Labute approximate surface area is 221 Å². The van der Waals surface area contributed by atoms with Crippen LogP contribution in [0.2, 0.25) is 5.02 Å². The lowest BCUT2D eigenvalue weighted by Crippen LogP contribution is -2.34. The average molecular weight is 510 g/mol. The average Bonchev–Trinajstić information content (AvgIpc) is 3.74. The Morgan fingerprint density at radius 1 is 0.973 bits per heavy atom. The number of aromatic nitrogens is 2. The molecule has 1 aliphatic heterocycles. The molecular formula is C31H28ClN3O2. The van der Waals surface area contributed by atoms with Crippen LogP contribution in [0.3, 0.4) is 0 Å². The normalized spacial score (nSPS) is 16.1. The van der Waals surface area contributed by atoms with E-state index in [9.17, 15) is 9.59 Å². The van der Waals surface area contributed by atoms with Crippen LogP contribution in [0.15, 0.2) is 83.7 Å². The van der Waals surface area contributed by atoms with E-state index >= 15 is 0 Å². The van der Waals surface area contributed by atoms with Crippen molar-refractivity contribution in [1.29, 1.82) is 0 Å². The second-order valence-corrected chi connectivity index (χ2v) is 10.5. The van der Waals surface area contributed by atoms with E-state index < -0.39 is 0 Å².